The highest BCUT2D eigenvalue weighted by molar-refractivity contribution is 5.55. The van der Waals surface area contributed by atoms with Gasteiger partial charge in [0.25, 0.3) is 0 Å². The lowest BCUT2D eigenvalue weighted by Crippen LogP contribution is -2.09. The summed E-state index contributed by atoms with van der Waals surface area (Å²) in [6, 6.07) is 3.03. The fourth-order valence-electron chi connectivity index (χ4n) is 1.46. The van der Waals surface area contributed by atoms with Gasteiger partial charge in [-0.25, -0.2) is 4.98 Å². The van der Waals surface area contributed by atoms with E-state index in [0.717, 1.165) is 0 Å². The predicted octanol–water partition coefficient (Wildman–Crippen LogP) is 1.04. The number of aromatic nitrogens is 4. The zero-order chi connectivity index (χ0) is 13.1. The standard InChI is InChI=1S/C10H12N6O2/c1-7-3-4-8(16(17)18)10(13-7)11-5-9-14-12-6-15(9)2/h3-4,6H,5H2,1-2H3,(H,11,13). The summed E-state index contributed by atoms with van der Waals surface area (Å²) in [5, 5.41) is 21.4. The lowest BCUT2D eigenvalue weighted by Gasteiger charge is -2.06. The van der Waals surface area contributed by atoms with Gasteiger partial charge in [0.1, 0.15) is 6.33 Å². The van der Waals surface area contributed by atoms with Crippen molar-refractivity contribution in [3.8, 4) is 0 Å². The molecule has 0 fully saturated rings. The van der Waals surface area contributed by atoms with Gasteiger partial charge in [0.2, 0.25) is 5.82 Å². The summed E-state index contributed by atoms with van der Waals surface area (Å²) >= 11 is 0. The van der Waals surface area contributed by atoms with Crippen LogP contribution in [0.4, 0.5) is 11.5 Å². The largest absolute Gasteiger partial charge is 0.357 e. The van der Waals surface area contributed by atoms with Crippen molar-refractivity contribution in [3.05, 3.63) is 40.1 Å². The molecular formula is C10H12N6O2. The lowest BCUT2D eigenvalue weighted by atomic mass is 10.3. The van der Waals surface area contributed by atoms with Crippen LogP contribution in [0.5, 0.6) is 0 Å². The SMILES string of the molecule is Cc1ccc([N+](=O)[O-])c(NCc2nncn2C)n1. The molecule has 0 saturated heterocycles. The van der Waals surface area contributed by atoms with Gasteiger partial charge in [0.05, 0.1) is 11.5 Å². The zero-order valence-corrected chi connectivity index (χ0v) is 9.99. The summed E-state index contributed by atoms with van der Waals surface area (Å²) in [5.74, 6) is 0.913. The summed E-state index contributed by atoms with van der Waals surface area (Å²) in [6.45, 7) is 2.10. The van der Waals surface area contributed by atoms with Crippen molar-refractivity contribution in [1.82, 2.24) is 19.7 Å². The zero-order valence-electron chi connectivity index (χ0n) is 9.99. The number of rotatable bonds is 4. The van der Waals surface area contributed by atoms with E-state index < -0.39 is 4.92 Å². The van der Waals surface area contributed by atoms with Crippen molar-refractivity contribution in [2.75, 3.05) is 5.32 Å². The maximum Gasteiger partial charge on any atom is 0.311 e. The number of aryl methyl sites for hydroxylation is 2. The average molecular weight is 248 g/mol. The molecule has 0 aliphatic carbocycles. The van der Waals surface area contributed by atoms with E-state index in [9.17, 15) is 10.1 Å². The second-order valence-electron chi connectivity index (χ2n) is 3.79. The molecule has 2 rings (SSSR count). The maximum atomic E-state index is 10.9. The first-order valence-corrected chi connectivity index (χ1v) is 5.26. The van der Waals surface area contributed by atoms with Crippen molar-refractivity contribution in [1.29, 1.82) is 0 Å². The molecule has 0 amide bonds. The highest BCUT2D eigenvalue weighted by atomic mass is 16.6. The van der Waals surface area contributed by atoms with Crippen LogP contribution in [-0.4, -0.2) is 24.7 Å². The van der Waals surface area contributed by atoms with E-state index in [1.807, 2.05) is 0 Å². The van der Waals surface area contributed by atoms with E-state index in [0.29, 0.717) is 18.1 Å². The second kappa shape index (κ2) is 4.78. The molecule has 18 heavy (non-hydrogen) atoms. The van der Waals surface area contributed by atoms with Crippen LogP contribution in [-0.2, 0) is 13.6 Å². The molecule has 0 aromatic carbocycles. The molecule has 2 aromatic rings. The summed E-state index contributed by atoms with van der Waals surface area (Å²) in [7, 11) is 1.80. The topological polar surface area (TPSA) is 98.8 Å². The van der Waals surface area contributed by atoms with Crippen LogP contribution in [0.2, 0.25) is 0 Å². The maximum absolute atomic E-state index is 10.9. The van der Waals surface area contributed by atoms with Crippen LogP contribution < -0.4 is 5.32 Å². The van der Waals surface area contributed by atoms with Gasteiger partial charge < -0.3 is 9.88 Å². The number of nitrogens with zero attached hydrogens (tertiary/aromatic N) is 5. The van der Waals surface area contributed by atoms with Gasteiger partial charge >= 0.3 is 5.69 Å². The predicted molar refractivity (Wildman–Crippen MR) is 64.0 cm³/mol. The number of hydrogen-bond acceptors (Lipinski definition) is 6. The molecule has 0 bridgehead atoms. The summed E-state index contributed by atoms with van der Waals surface area (Å²) in [6.07, 6.45) is 1.56. The highest BCUT2D eigenvalue weighted by Crippen LogP contribution is 2.22. The van der Waals surface area contributed by atoms with Crippen LogP contribution in [0.3, 0.4) is 0 Å². The Morgan fingerprint density at radius 1 is 1.50 bits per heavy atom. The molecule has 94 valence electrons. The second-order valence-corrected chi connectivity index (χ2v) is 3.79. The van der Waals surface area contributed by atoms with E-state index in [1.165, 1.54) is 6.07 Å². The molecule has 8 heteroatoms. The monoisotopic (exact) mass is 248 g/mol. The Morgan fingerprint density at radius 2 is 2.28 bits per heavy atom. The molecule has 0 saturated carbocycles. The number of hydrogen-bond donors (Lipinski definition) is 1. The number of pyridine rings is 1. The Bertz CT molecular complexity index is 579. The fourth-order valence-corrected chi connectivity index (χ4v) is 1.46. The van der Waals surface area contributed by atoms with Crippen LogP contribution in [0.1, 0.15) is 11.5 Å². The molecule has 0 atom stereocenters. The lowest BCUT2D eigenvalue weighted by molar-refractivity contribution is -0.384. The molecule has 2 aromatic heterocycles. The fraction of sp³-hybridized carbons (Fsp3) is 0.300. The third-order valence-corrected chi connectivity index (χ3v) is 2.43. The molecule has 0 radical (unpaired) electrons. The Morgan fingerprint density at radius 3 is 2.89 bits per heavy atom. The minimum absolute atomic E-state index is 0.0530. The Labute approximate surface area is 103 Å². The molecule has 8 nitrogen and oxygen atoms in total. The van der Waals surface area contributed by atoms with Crippen molar-refractivity contribution in [2.24, 2.45) is 7.05 Å². The quantitative estimate of drug-likeness (QED) is 0.641. The molecule has 0 aliphatic heterocycles. The van der Waals surface area contributed by atoms with Crippen LogP contribution >= 0.6 is 0 Å². The van der Waals surface area contributed by atoms with Crippen LogP contribution in [0, 0.1) is 17.0 Å². The van der Waals surface area contributed by atoms with Crippen LogP contribution in [0.25, 0.3) is 0 Å². The van der Waals surface area contributed by atoms with Gasteiger partial charge in [0, 0.05) is 18.8 Å². The molecular weight excluding hydrogens is 236 g/mol. The van der Waals surface area contributed by atoms with Gasteiger partial charge in [-0.15, -0.1) is 10.2 Å². The Kier molecular flexibility index (Phi) is 3.18. The summed E-state index contributed by atoms with van der Waals surface area (Å²) in [4.78, 5) is 14.5. The van der Waals surface area contributed by atoms with Crippen molar-refractivity contribution in [3.63, 3.8) is 0 Å². The Balaban J connectivity index is 2.20. The molecule has 0 spiro atoms. The van der Waals surface area contributed by atoms with Crippen molar-refractivity contribution in [2.45, 2.75) is 13.5 Å². The van der Waals surface area contributed by atoms with Gasteiger partial charge in [-0.2, -0.15) is 0 Å². The number of nitrogens with one attached hydrogen (secondary N) is 1. The van der Waals surface area contributed by atoms with Gasteiger partial charge in [-0.05, 0) is 13.0 Å². The summed E-state index contributed by atoms with van der Waals surface area (Å²) < 4.78 is 1.73. The van der Waals surface area contributed by atoms with E-state index >= 15 is 0 Å². The molecule has 2 heterocycles. The Hall–Kier alpha value is -2.51. The first-order chi connectivity index (χ1) is 8.58. The highest BCUT2D eigenvalue weighted by Gasteiger charge is 2.15. The van der Waals surface area contributed by atoms with Crippen molar-refractivity contribution >= 4 is 11.5 Å². The van der Waals surface area contributed by atoms with Gasteiger partial charge in [-0.1, -0.05) is 0 Å². The van der Waals surface area contributed by atoms with Crippen molar-refractivity contribution < 1.29 is 4.92 Å². The van der Waals surface area contributed by atoms with E-state index in [4.69, 9.17) is 0 Å². The molecule has 0 unspecified atom stereocenters. The average Bonchev–Trinajstić information content (AvgIpc) is 2.72. The van der Waals surface area contributed by atoms with E-state index in [1.54, 1.807) is 30.9 Å². The smallest absolute Gasteiger partial charge is 0.311 e. The summed E-state index contributed by atoms with van der Waals surface area (Å²) in [5.41, 5.74) is 0.656. The van der Waals surface area contributed by atoms with Gasteiger partial charge in [0.15, 0.2) is 5.82 Å². The minimum atomic E-state index is -0.467. The first kappa shape index (κ1) is 12.0. The van der Waals surface area contributed by atoms with E-state index in [-0.39, 0.29) is 11.5 Å². The molecule has 1 N–H and O–H groups in total. The number of nitro groups is 1. The van der Waals surface area contributed by atoms with Crippen LogP contribution in [0.15, 0.2) is 18.5 Å². The third kappa shape index (κ3) is 2.42. The van der Waals surface area contributed by atoms with E-state index in [2.05, 4.69) is 20.5 Å². The first-order valence-electron chi connectivity index (χ1n) is 5.26. The number of anilines is 1. The third-order valence-electron chi connectivity index (χ3n) is 2.43. The molecule has 0 aliphatic rings. The minimum Gasteiger partial charge on any atom is -0.357 e. The normalized spacial score (nSPS) is 10.3. The van der Waals surface area contributed by atoms with Gasteiger partial charge in [-0.3, -0.25) is 10.1 Å².